The van der Waals surface area contributed by atoms with Crippen molar-refractivity contribution in [2.75, 3.05) is 14.1 Å². The molecule has 0 heterocycles. The molecule has 0 aliphatic rings. The Kier molecular flexibility index (Phi) is 4.67. The molecule has 0 amide bonds. The molecule has 0 aromatic carbocycles. The first-order valence-corrected chi connectivity index (χ1v) is 6.41. The molecule has 0 N–H and O–H groups in total. The SMILES string of the molecule is CC(C)C([SiH3])(C(C)C)C(C)N(C)C. The zero-order chi connectivity index (χ0) is 10.8. The number of hydrogen-bond acceptors (Lipinski definition) is 1. The first kappa shape index (κ1) is 13.2. The summed E-state index contributed by atoms with van der Waals surface area (Å²) < 4.78 is 0. The van der Waals surface area contributed by atoms with Crippen LogP contribution in [0.2, 0.25) is 5.04 Å². The topological polar surface area (TPSA) is 3.24 Å². The van der Waals surface area contributed by atoms with Gasteiger partial charge in [-0.05, 0) is 37.9 Å². The maximum absolute atomic E-state index is 2.37. The second kappa shape index (κ2) is 4.60. The van der Waals surface area contributed by atoms with E-state index in [0.29, 0.717) is 11.1 Å². The molecule has 1 nitrogen and oxygen atoms in total. The van der Waals surface area contributed by atoms with Crippen LogP contribution in [0.4, 0.5) is 0 Å². The van der Waals surface area contributed by atoms with Gasteiger partial charge in [-0.1, -0.05) is 27.7 Å². The molecule has 1 unspecified atom stereocenters. The van der Waals surface area contributed by atoms with Crippen LogP contribution in [0, 0.1) is 11.8 Å². The molecule has 0 aliphatic heterocycles. The molecule has 0 bridgehead atoms. The van der Waals surface area contributed by atoms with E-state index in [0.717, 1.165) is 11.8 Å². The molecule has 0 rings (SSSR count). The van der Waals surface area contributed by atoms with Gasteiger partial charge in [-0.15, -0.1) is 0 Å². The first-order chi connectivity index (χ1) is 5.74. The van der Waals surface area contributed by atoms with E-state index in [9.17, 15) is 0 Å². The molecule has 0 spiro atoms. The van der Waals surface area contributed by atoms with E-state index in [2.05, 4.69) is 53.6 Å². The van der Waals surface area contributed by atoms with Gasteiger partial charge in [-0.3, -0.25) is 0 Å². The van der Waals surface area contributed by atoms with Gasteiger partial charge in [-0.25, -0.2) is 0 Å². The van der Waals surface area contributed by atoms with Gasteiger partial charge in [0.15, 0.2) is 0 Å². The highest BCUT2D eigenvalue weighted by Gasteiger charge is 2.38. The quantitative estimate of drug-likeness (QED) is 0.627. The fraction of sp³-hybridized carbons (Fsp3) is 1.00. The predicted molar refractivity (Wildman–Crippen MR) is 65.5 cm³/mol. The fourth-order valence-corrected chi connectivity index (χ4v) is 2.70. The van der Waals surface area contributed by atoms with Crippen molar-refractivity contribution in [2.45, 2.75) is 45.7 Å². The Hall–Kier alpha value is 0.177. The van der Waals surface area contributed by atoms with Crippen molar-refractivity contribution in [1.82, 2.24) is 4.90 Å². The van der Waals surface area contributed by atoms with E-state index in [1.54, 1.807) is 0 Å². The average molecular weight is 201 g/mol. The summed E-state index contributed by atoms with van der Waals surface area (Å²) in [5.74, 6) is 1.58. The lowest BCUT2D eigenvalue weighted by Gasteiger charge is -2.46. The highest BCUT2D eigenvalue weighted by atomic mass is 28.1. The molecule has 80 valence electrons. The van der Waals surface area contributed by atoms with Gasteiger partial charge in [-0.2, -0.15) is 0 Å². The van der Waals surface area contributed by atoms with Crippen molar-refractivity contribution in [3.8, 4) is 0 Å². The van der Waals surface area contributed by atoms with Crippen molar-refractivity contribution in [3.05, 3.63) is 0 Å². The molecule has 0 saturated heterocycles. The van der Waals surface area contributed by atoms with Crippen LogP contribution in [0.25, 0.3) is 0 Å². The van der Waals surface area contributed by atoms with Crippen molar-refractivity contribution in [3.63, 3.8) is 0 Å². The molecule has 0 aromatic heterocycles. The summed E-state index contributed by atoms with van der Waals surface area (Å²) >= 11 is 0. The van der Waals surface area contributed by atoms with Crippen LogP contribution in [0.5, 0.6) is 0 Å². The van der Waals surface area contributed by atoms with Crippen LogP contribution >= 0.6 is 0 Å². The third-order valence-corrected chi connectivity index (χ3v) is 7.31. The van der Waals surface area contributed by atoms with E-state index in [-0.39, 0.29) is 0 Å². The van der Waals surface area contributed by atoms with Gasteiger partial charge in [0.2, 0.25) is 0 Å². The molecule has 13 heavy (non-hydrogen) atoms. The zero-order valence-electron chi connectivity index (χ0n) is 10.7. The van der Waals surface area contributed by atoms with Crippen LogP contribution in [0.3, 0.4) is 0 Å². The zero-order valence-corrected chi connectivity index (χ0v) is 12.7. The standard InChI is InChI=1S/C11H27NSi/c1-8(2)11(13,9(3)4)10(5)12(6)7/h8-10H,1-7,13H3. The Balaban J connectivity index is 4.79. The molecular weight excluding hydrogens is 174 g/mol. The Bertz CT molecular complexity index is 144. The Labute approximate surface area is 87.3 Å². The molecule has 2 heteroatoms. The van der Waals surface area contributed by atoms with Crippen molar-refractivity contribution >= 4 is 10.2 Å². The Morgan fingerprint density at radius 3 is 1.31 bits per heavy atom. The molecule has 1 atom stereocenters. The third-order valence-electron chi connectivity index (χ3n) is 4.16. The maximum Gasteiger partial charge on any atom is 0.0133 e. The van der Waals surface area contributed by atoms with Crippen molar-refractivity contribution in [2.24, 2.45) is 11.8 Å². The normalized spacial score (nSPS) is 16.2. The van der Waals surface area contributed by atoms with Gasteiger partial charge < -0.3 is 4.90 Å². The van der Waals surface area contributed by atoms with E-state index < -0.39 is 0 Å². The minimum atomic E-state index is 0.545. The van der Waals surface area contributed by atoms with Crippen molar-refractivity contribution in [1.29, 1.82) is 0 Å². The highest BCUT2D eigenvalue weighted by molar-refractivity contribution is 6.16. The summed E-state index contributed by atoms with van der Waals surface area (Å²) in [6.07, 6.45) is 0. The van der Waals surface area contributed by atoms with Gasteiger partial charge in [0.1, 0.15) is 0 Å². The summed E-state index contributed by atoms with van der Waals surface area (Å²) in [6, 6.07) is 0.694. The van der Waals surface area contributed by atoms with Gasteiger partial charge in [0.05, 0.1) is 0 Å². The lowest BCUT2D eigenvalue weighted by atomic mass is 9.78. The van der Waals surface area contributed by atoms with Crippen LogP contribution in [0.15, 0.2) is 0 Å². The van der Waals surface area contributed by atoms with E-state index in [4.69, 9.17) is 0 Å². The second-order valence-corrected chi connectivity index (χ2v) is 7.05. The summed E-state index contributed by atoms with van der Waals surface area (Å²) in [7, 11) is 5.67. The van der Waals surface area contributed by atoms with E-state index in [1.807, 2.05) is 0 Å². The number of hydrogen-bond donors (Lipinski definition) is 0. The number of rotatable bonds is 4. The van der Waals surface area contributed by atoms with Crippen LogP contribution in [-0.4, -0.2) is 35.3 Å². The molecule has 0 saturated carbocycles. The molecule has 0 aromatic rings. The Morgan fingerprint density at radius 2 is 1.23 bits per heavy atom. The lowest BCUT2D eigenvalue weighted by Crippen LogP contribution is -2.44. The van der Waals surface area contributed by atoms with Crippen LogP contribution in [-0.2, 0) is 0 Å². The van der Waals surface area contributed by atoms with Gasteiger partial charge in [0, 0.05) is 16.3 Å². The van der Waals surface area contributed by atoms with E-state index in [1.165, 1.54) is 10.2 Å². The van der Waals surface area contributed by atoms with Crippen LogP contribution < -0.4 is 0 Å². The number of nitrogens with zero attached hydrogens (tertiary/aromatic N) is 1. The molecule has 0 fully saturated rings. The maximum atomic E-state index is 2.37. The van der Waals surface area contributed by atoms with Gasteiger partial charge >= 0.3 is 0 Å². The van der Waals surface area contributed by atoms with E-state index >= 15 is 0 Å². The van der Waals surface area contributed by atoms with Crippen LogP contribution in [0.1, 0.15) is 34.6 Å². The van der Waals surface area contributed by atoms with Crippen molar-refractivity contribution < 1.29 is 0 Å². The summed E-state index contributed by atoms with van der Waals surface area (Å²) in [5, 5.41) is 0.545. The predicted octanol–water partition coefficient (Wildman–Crippen LogP) is 1.77. The monoisotopic (exact) mass is 201 g/mol. The lowest BCUT2D eigenvalue weighted by molar-refractivity contribution is 0.158. The van der Waals surface area contributed by atoms with Gasteiger partial charge in [0.25, 0.3) is 0 Å². The smallest absolute Gasteiger partial charge is 0.0133 e. The highest BCUT2D eigenvalue weighted by Crippen LogP contribution is 2.44. The molecule has 0 aliphatic carbocycles. The summed E-state index contributed by atoms with van der Waals surface area (Å²) in [6.45, 7) is 11.8. The fourth-order valence-electron chi connectivity index (χ4n) is 2.19. The molecular formula is C11H27NSi. The summed E-state index contributed by atoms with van der Waals surface area (Å²) in [4.78, 5) is 2.37. The Morgan fingerprint density at radius 1 is 0.923 bits per heavy atom. The largest absolute Gasteiger partial charge is 0.306 e. The second-order valence-electron chi connectivity index (χ2n) is 5.32. The molecule has 0 radical (unpaired) electrons. The first-order valence-electron chi connectivity index (χ1n) is 5.41. The minimum absolute atomic E-state index is 0.545. The third kappa shape index (κ3) is 2.56. The summed E-state index contributed by atoms with van der Waals surface area (Å²) in [5.41, 5.74) is 0. The minimum Gasteiger partial charge on any atom is -0.306 e. The average Bonchev–Trinajstić information content (AvgIpc) is 2.00.